The van der Waals surface area contributed by atoms with E-state index in [0.717, 1.165) is 54.2 Å². The Morgan fingerprint density at radius 1 is 0.976 bits per heavy atom. The van der Waals surface area contributed by atoms with Gasteiger partial charge < -0.3 is 19.6 Å². The van der Waals surface area contributed by atoms with Gasteiger partial charge in [-0.25, -0.2) is 0 Å². The van der Waals surface area contributed by atoms with Crippen LogP contribution < -0.4 is 15.1 Å². The maximum absolute atomic E-state index is 13.6. The fourth-order valence-electron chi connectivity index (χ4n) is 6.09. The molecule has 0 radical (unpaired) electrons. The van der Waals surface area contributed by atoms with Gasteiger partial charge in [0.2, 0.25) is 0 Å². The molecular weight excluding hydrogens is 538 g/mol. The van der Waals surface area contributed by atoms with E-state index < -0.39 is 0 Å². The summed E-state index contributed by atoms with van der Waals surface area (Å²) in [6, 6.07) is 21.8. The smallest absolute Gasteiger partial charge is 0.261 e. The van der Waals surface area contributed by atoms with Crippen LogP contribution in [-0.4, -0.2) is 54.6 Å². The first kappa shape index (κ1) is 27.1. The first-order chi connectivity index (χ1) is 19.9. The Balaban J connectivity index is 1.22. The van der Waals surface area contributed by atoms with Crippen LogP contribution in [0.5, 0.6) is 0 Å². The molecule has 6 rings (SSSR count). The van der Waals surface area contributed by atoms with E-state index in [1.54, 1.807) is 19.9 Å². The van der Waals surface area contributed by atoms with Crippen molar-refractivity contribution < 1.29 is 14.1 Å². The molecule has 9 heteroatoms. The maximum atomic E-state index is 13.6. The number of aromatic nitrogens is 1. The van der Waals surface area contributed by atoms with Crippen LogP contribution in [-0.2, 0) is 0 Å². The van der Waals surface area contributed by atoms with E-state index in [-0.39, 0.29) is 17.9 Å². The zero-order valence-electron chi connectivity index (χ0n) is 23.4. The molecule has 3 heterocycles. The number of amides is 2. The number of benzene rings is 3. The summed E-state index contributed by atoms with van der Waals surface area (Å²) in [7, 11) is 0. The maximum Gasteiger partial charge on any atom is 0.261 e. The standard InChI is InChI=1S/C32H32ClN5O3/c1-4-38-27-12-8-7-11-25(27)30(23-9-5-6-10-24(23)32(38)40)37-17-15-36(16-18-37)28-14-13-22(19-26(28)33)34-31(39)29-20(2)35-41-21(29)3/h5-14,19,30H,4,15-18H2,1-3H3,(H,34,39). The van der Waals surface area contributed by atoms with Crippen molar-refractivity contribution in [3.63, 3.8) is 0 Å². The number of rotatable bonds is 5. The minimum Gasteiger partial charge on any atom is -0.368 e. The molecule has 0 bridgehead atoms. The molecule has 0 aliphatic carbocycles. The largest absolute Gasteiger partial charge is 0.368 e. The number of anilines is 3. The van der Waals surface area contributed by atoms with E-state index in [9.17, 15) is 9.59 Å². The second-order valence-electron chi connectivity index (χ2n) is 10.4. The third-order valence-electron chi connectivity index (χ3n) is 8.06. The van der Waals surface area contributed by atoms with Crippen molar-refractivity contribution in [2.24, 2.45) is 0 Å². The zero-order chi connectivity index (χ0) is 28.7. The SMILES string of the molecule is CCN1C(=O)c2ccccc2C(N2CCN(c3ccc(NC(=O)c4c(C)noc4C)cc3Cl)CC2)c2ccccc21. The van der Waals surface area contributed by atoms with Gasteiger partial charge in [-0.15, -0.1) is 0 Å². The number of carbonyl (C=O) groups is 2. The number of aryl methyl sites for hydroxylation is 2. The average Bonchev–Trinajstić information content (AvgIpc) is 3.27. The molecular formula is C32H32ClN5O3. The van der Waals surface area contributed by atoms with Crippen molar-refractivity contribution in [2.75, 3.05) is 47.8 Å². The van der Waals surface area contributed by atoms with Gasteiger partial charge in [0.25, 0.3) is 11.8 Å². The van der Waals surface area contributed by atoms with E-state index >= 15 is 0 Å². The van der Waals surface area contributed by atoms with Crippen LogP contribution in [0.3, 0.4) is 0 Å². The molecule has 3 aromatic carbocycles. The van der Waals surface area contributed by atoms with Gasteiger partial charge in [0.05, 0.1) is 22.4 Å². The van der Waals surface area contributed by atoms with Crippen LogP contribution in [0.2, 0.25) is 5.02 Å². The summed E-state index contributed by atoms with van der Waals surface area (Å²) in [5.41, 5.74) is 6.45. The lowest BCUT2D eigenvalue weighted by molar-refractivity contribution is 0.0985. The topological polar surface area (TPSA) is 81.9 Å². The second kappa shape index (κ2) is 11.0. The highest BCUT2D eigenvalue weighted by Crippen LogP contribution is 2.41. The van der Waals surface area contributed by atoms with Crippen LogP contribution in [0.1, 0.15) is 56.3 Å². The normalized spacial score (nSPS) is 17.2. The average molecular weight is 570 g/mol. The number of carbonyl (C=O) groups excluding carboxylic acids is 2. The van der Waals surface area contributed by atoms with Gasteiger partial charge in [0.1, 0.15) is 11.3 Å². The Kier molecular flexibility index (Phi) is 7.28. The number of para-hydroxylation sites is 1. The molecule has 2 aliphatic rings. The van der Waals surface area contributed by atoms with Crippen molar-refractivity contribution in [1.29, 1.82) is 0 Å². The van der Waals surface area contributed by atoms with Crippen molar-refractivity contribution in [1.82, 2.24) is 10.1 Å². The predicted molar refractivity (Wildman–Crippen MR) is 161 cm³/mol. The number of hydrogen-bond acceptors (Lipinski definition) is 6. The monoisotopic (exact) mass is 569 g/mol. The molecule has 0 saturated carbocycles. The number of fused-ring (bicyclic) bond motifs is 2. The summed E-state index contributed by atoms with van der Waals surface area (Å²) < 4.78 is 5.12. The molecule has 1 N–H and O–H groups in total. The minimum atomic E-state index is -0.275. The van der Waals surface area contributed by atoms with Crippen LogP contribution in [0.4, 0.5) is 17.1 Å². The van der Waals surface area contributed by atoms with Crippen LogP contribution >= 0.6 is 11.6 Å². The van der Waals surface area contributed by atoms with Crippen molar-refractivity contribution >= 4 is 40.5 Å². The molecule has 1 fully saturated rings. The van der Waals surface area contributed by atoms with Gasteiger partial charge >= 0.3 is 0 Å². The first-order valence-electron chi connectivity index (χ1n) is 13.9. The Morgan fingerprint density at radius 3 is 2.37 bits per heavy atom. The Bertz CT molecular complexity index is 1610. The summed E-state index contributed by atoms with van der Waals surface area (Å²) in [5.74, 6) is 0.249. The molecule has 2 aliphatic heterocycles. The highest BCUT2D eigenvalue weighted by molar-refractivity contribution is 6.33. The van der Waals surface area contributed by atoms with E-state index in [1.807, 2.05) is 48.2 Å². The number of piperazine rings is 1. The summed E-state index contributed by atoms with van der Waals surface area (Å²) in [4.78, 5) is 33.0. The van der Waals surface area contributed by atoms with E-state index in [4.69, 9.17) is 16.1 Å². The Labute approximate surface area is 244 Å². The van der Waals surface area contributed by atoms with Gasteiger partial charge in [-0.3, -0.25) is 14.5 Å². The van der Waals surface area contributed by atoms with Crippen molar-refractivity contribution in [3.8, 4) is 0 Å². The molecule has 0 spiro atoms. The van der Waals surface area contributed by atoms with Gasteiger partial charge in [0.15, 0.2) is 0 Å². The van der Waals surface area contributed by atoms with E-state index in [2.05, 4.69) is 44.5 Å². The fraction of sp³-hybridized carbons (Fsp3) is 0.281. The van der Waals surface area contributed by atoms with E-state index in [1.165, 1.54) is 0 Å². The molecule has 8 nitrogen and oxygen atoms in total. The molecule has 1 unspecified atom stereocenters. The van der Waals surface area contributed by atoms with Gasteiger partial charge in [-0.05, 0) is 62.2 Å². The quantitative estimate of drug-likeness (QED) is 0.313. The highest BCUT2D eigenvalue weighted by Gasteiger charge is 2.36. The highest BCUT2D eigenvalue weighted by atomic mass is 35.5. The lowest BCUT2D eigenvalue weighted by Crippen LogP contribution is -2.48. The molecule has 41 heavy (non-hydrogen) atoms. The molecule has 1 saturated heterocycles. The van der Waals surface area contributed by atoms with Crippen molar-refractivity contribution in [3.05, 3.63) is 105 Å². The number of nitrogens with zero attached hydrogens (tertiary/aromatic N) is 4. The van der Waals surface area contributed by atoms with Crippen molar-refractivity contribution in [2.45, 2.75) is 26.8 Å². The van der Waals surface area contributed by atoms with Gasteiger partial charge in [0, 0.05) is 49.7 Å². The minimum absolute atomic E-state index is 0.0255. The van der Waals surface area contributed by atoms with Crippen LogP contribution in [0, 0.1) is 13.8 Å². The summed E-state index contributed by atoms with van der Waals surface area (Å²) in [5, 5.41) is 7.34. The Hall–Kier alpha value is -4.14. The van der Waals surface area contributed by atoms with Crippen LogP contribution in [0.25, 0.3) is 0 Å². The number of halogens is 1. The molecule has 4 aromatic rings. The first-order valence-corrected chi connectivity index (χ1v) is 14.3. The molecule has 2 amide bonds. The summed E-state index contributed by atoms with van der Waals surface area (Å²) in [6.07, 6.45) is 0. The van der Waals surface area contributed by atoms with Crippen LogP contribution in [0.15, 0.2) is 71.3 Å². The summed E-state index contributed by atoms with van der Waals surface area (Å²) >= 11 is 6.74. The molecule has 210 valence electrons. The summed E-state index contributed by atoms with van der Waals surface area (Å²) in [6.45, 7) is 9.24. The number of nitrogens with one attached hydrogen (secondary N) is 1. The Morgan fingerprint density at radius 2 is 1.68 bits per heavy atom. The number of hydrogen-bond donors (Lipinski definition) is 1. The lowest BCUT2D eigenvalue weighted by atomic mass is 9.93. The van der Waals surface area contributed by atoms with Gasteiger partial charge in [-0.2, -0.15) is 0 Å². The predicted octanol–water partition coefficient (Wildman–Crippen LogP) is 6.09. The third-order valence-corrected chi connectivity index (χ3v) is 8.36. The zero-order valence-corrected chi connectivity index (χ0v) is 24.1. The second-order valence-corrected chi connectivity index (χ2v) is 10.8. The fourth-order valence-corrected chi connectivity index (χ4v) is 6.39. The lowest BCUT2D eigenvalue weighted by Gasteiger charge is -2.41. The van der Waals surface area contributed by atoms with E-state index in [0.29, 0.717) is 34.3 Å². The van der Waals surface area contributed by atoms with Gasteiger partial charge in [-0.1, -0.05) is 53.2 Å². The molecule has 1 atom stereocenters. The molecule has 1 aromatic heterocycles. The third kappa shape index (κ3) is 4.87.